The number of ketones is 1. The number of aryl methyl sites for hydroxylation is 1. The Bertz CT molecular complexity index is 1510. The third kappa shape index (κ3) is 4.01. The summed E-state index contributed by atoms with van der Waals surface area (Å²) in [5.74, 6) is -0.475. The molecule has 2 aromatic carbocycles. The molecule has 1 fully saturated rings. The largest absolute Gasteiger partial charge is 0.328 e. The number of rotatable bonds is 4. The summed E-state index contributed by atoms with van der Waals surface area (Å²) >= 11 is 6.45. The normalized spacial score (nSPS) is 18.1. The minimum atomic E-state index is -0.644. The molecule has 7 nitrogen and oxygen atoms in total. The van der Waals surface area contributed by atoms with Gasteiger partial charge in [-0.05, 0) is 62.6 Å². The summed E-state index contributed by atoms with van der Waals surface area (Å²) in [6.45, 7) is 1.83. The number of carbonyl (C=O) groups excluding carboxylic acids is 1. The molecule has 1 aliphatic rings. The van der Waals surface area contributed by atoms with Gasteiger partial charge in [-0.3, -0.25) is 14.0 Å². The third-order valence-corrected chi connectivity index (χ3v) is 7.22. The van der Waals surface area contributed by atoms with E-state index >= 15 is 0 Å². The van der Waals surface area contributed by atoms with Crippen molar-refractivity contribution in [3.63, 3.8) is 0 Å². The molecular weight excluding hydrogens is 467 g/mol. The van der Waals surface area contributed by atoms with Gasteiger partial charge < -0.3 is 5.73 Å². The van der Waals surface area contributed by atoms with E-state index in [9.17, 15) is 9.18 Å². The SMILES string of the molecule is Cc1c(C(=O)C2CCC[C@@H](N)C2)nc(-c2ccc(C#N)c(F)c2)n1-c1ccc2nn(C)c(Cl)c2c1. The second-order valence-corrected chi connectivity index (χ2v) is 9.47. The van der Waals surface area contributed by atoms with Gasteiger partial charge in [-0.1, -0.05) is 18.0 Å². The summed E-state index contributed by atoms with van der Waals surface area (Å²) in [5, 5.41) is 14.8. The van der Waals surface area contributed by atoms with E-state index in [0.29, 0.717) is 34.3 Å². The molecule has 35 heavy (non-hydrogen) atoms. The van der Waals surface area contributed by atoms with Gasteiger partial charge in [-0.15, -0.1) is 0 Å². The van der Waals surface area contributed by atoms with E-state index in [-0.39, 0.29) is 23.3 Å². The Morgan fingerprint density at radius 2 is 2.06 bits per heavy atom. The minimum absolute atomic E-state index is 0.00214. The lowest BCUT2D eigenvalue weighted by Crippen LogP contribution is -2.32. The summed E-state index contributed by atoms with van der Waals surface area (Å²) in [6.07, 6.45) is 3.22. The molecule has 0 aliphatic heterocycles. The van der Waals surface area contributed by atoms with E-state index in [4.69, 9.17) is 27.6 Å². The maximum Gasteiger partial charge on any atom is 0.186 e. The number of nitriles is 1. The standard InChI is InChI=1S/C26H24ClFN6O/c1-14-23(24(35)15-4-3-5-18(30)10-15)31-26(16-6-7-17(13-29)21(28)11-16)34(14)19-8-9-22-20(12-19)25(27)33(2)32-22/h6-9,11-12,15,18H,3-5,10,30H2,1-2H3/t15?,18-/m1/s1. The number of hydrogen-bond acceptors (Lipinski definition) is 5. The fourth-order valence-electron chi connectivity index (χ4n) is 4.94. The number of Topliss-reactive ketones (excluding diaryl/α,β-unsaturated/α-hetero) is 1. The highest BCUT2D eigenvalue weighted by Gasteiger charge is 2.31. The van der Waals surface area contributed by atoms with E-state index in [1.165, 1.54) is 12.1 Å². The molecule has 2 atom stereocenters. The minimum Gasteiger partial charge on any atom is -0.328 e. The van der Waals surface area contributed by atoms with Gasteiger partial charge >= 0.3 is 0 Å². The van der Waals surface area contributed by atoms with Gasteiger partial charge in [0.15, 0.2) is 5.78 Å². The van der Waals surface area contributed by atoms with Crippen molar-refractivity contribution in [1.82, 2.24) is 19.3 Å². The zero-order valence-electron chi connectivity index (χ0n) is 19.4. The van der Waals surface area contributed by atoms with Crippen LogP contribution in [0.4, 0.5) is 4.39 Å². The first-order valence-corrected chi connectivity index (χ1v) is 11.9. The molecule has 0 bridgehead atoms. The summed E-state index contributed by atoms with van der Waals surface area (Å²) in [6, 6.07) is 11.8. The predicted octanol–water partition coefficient (Wildman–Crippen LogP) is 5.10. The van der Waals surface area contributed by atoms with Crippen LogP contribution < -0.4 is 5.73 Å². The molecule has 1 aliphatic carbocycles. The smallest absolute Gasteiger partial charge is 0.186 e. The molecule has 0 amide bonds. The maximum absolute atomic E-state index is 14.6. The molecule has 1 unspecified atom stereocenters. The Kier molecular flexibility index (Phi) is 5.91. The molecular formula is C26H24ClFN6O. The predicted molar refractivity (Wildman–Crippen MR) is 132 cm³/mol. The maximum atomic E-state index is 14.6. The Morgan fingerprint density at radius 1 is 1.26 bits per heavy atom. The van der Waals surface area contributed by atoms with E-state index in [0.717, 1.165) is 35.9 Å². The van der Waals surface area contributed by atoms with E-state index in [2.05, 4.69) is 5.10 Å². The second kappa shape index (κ2) is 8.91. The van der Waals surface area contributed by atoms with Crippen molar-refractivity contribution in [2.45, 2.75) is 38.6 Å². The molecule has 2 heterocycles. The van der Waals surface area contributed by atoms with E-state index < -0.39 is 5.82 Å². The van der Waals surface area contributed by atoms with Gasteiger partial charge in [0.2, 0.25) is 0 Å². The number of halogens is 2. The van der Waals surface area contributed by atoms with Gasteiger partial charge in [-0.25, -0.2) is 9.37 Å². The summed E-state index contributed by atoms with van der Waals surface area (Å²) < 4.78 is 18.0. The molecule has 4 aromatic rings. The van der Waals surface area contributed by atoms with Crippen LogP contribution in [0.5, 0.6) is 0 Å². The van der Waals surface area contributed by atoms with E-state index in [1.54, 1.807) is 17.8 Å². The molecule has 9 heteroatoms. The average molecular weight is 491 g/mol. The summed E-state index contributed by atoms with van der Waals surface area (Å²) in [5.41, 5.74) is 8.99. The van der Waals surface area contributed by atoms with Crippen LogP contribution in [0, 0.1) is 30.0 Å². The van der Waals surface area contributed by atoms with Gasteiger partial charge in [0.25, 0.3) is 0 Å². The lowest BCUT2D eigenvalue weighted by molar-refractivity contribution is 0.0876. The van der Waals surface area contributed by atoms with Crippen molar-refractivity contribution in [3.8, 4) is 23.1 Å². The lowest BCUT2D eigenvalue weighted by atomic mass is 9.82. The molecule has 0 saturated heterocycles. The Hall–Kier alpha value is -3.54. The van der Waals surface area contributed by atoms with Crippen LogP contribution in [-0.4, -0.2) is 31.2 Å². The molecule has 0 spiro atoms. The van der Waals surface area contributed by atoms with Gasteiger partial charge in [-0.2, -0.15) is 10.4 Å². The van der Waals surface area contributed by atoms with Crippen molar-refractivity contribution >= 4 is 28.3 Å². The first-order chi connectivity index (χ1) is 16.8. The van der Waals surface area contributed by atoms with Crippen LogP contribution in [0.3, 0.4) is 0 Å². The van der Waals surface area contributed by atoms with Crippen LogP contribution in [-0.2, 0) is 7.05 Å². The Labute approximate surface area is 206 Å². The third-order valence-electron chi connectivity index (χ3n) is 6.78. The quantitative estimate of drug-likeness (QED) is 0.401. The highest BCUT2D eigenvalue weighted by Crippen LogP contribution is 2.33. The highest BCUT2D eigenvalue weighted by atomic mass is 35.5. The van der Waals surface area contributed by atoms with Gasteiger partial charge in [0.05, 0.1) is 16.8 Å². The van der Waals surface area contributed by atoms with Crippen LogP contribution in [0.25, 0.3) is 28.0 Å². The van der Waals surface area contributed by atoms with Crippen molar-refractivity contribution in [3.05, 3.63) is 64.3 Å². The summed E-state index contributed by atoms with van der Waals surface area (Å²) in [4.78, 5) is 18.3. The van der Waals surface area contributed by atoms with Crippen molar-refractivity contribution in [2.24, 2.45) is 18.7 Å². The fourth-order valence-corrected chi connectivity index (χ4v) is 5.13. The molecule has 178 valence electrons. The number of fused-ring (bicyclic) bond motifs is 1. The van der Waals surface area contributed by atoms with Crippen LogP contribution >= 0.6 is 11.6 Å². The molecule has 5 rings (SSSR count). The monoisotopic (exact) mass is 490 g/mol. The number of carbonyl (C=O) groups is 1. The summed E-state index contributed by atoms with van der Waals surface area (Å²) in [7, 11) is 1.76. The number of nitrogens with two attached hydrogens (primary N) is 1. The molecule has 2 aromatic heterocycles. The van der Waals surface area contributed by atoms with Crippen LogP contribution in [0.2, 0.25) is 5.15 Å². The Morgan fingerprint density at radius 3 is 2.77 bits per heavy atom. The molecule has 0 radical (unpaired) electrons. The van der Waals surface area contributed by atoms with Gasteiger partial charge in [0.1, 0.15) is 28.6 Å². The zero-order chi connectivity index (χ0) is 24.9. The van der Waals surface area contributed by atoms with Crippen molar-refractivity contribution in [2.75, 3.05) is 0 Å². The topological polar surface area (TPSA) is 103 Å². The lowest BCUT2D eigenvalue weighted by Gasteiger charge is -2.25. The van der Waals surface area contributed by atoms with E-state index in [1.807, 2.05) is 35.8 Å². The number of imidazole rings is 1. The zero-order valence-corrected chi connectivity index (χ0v) is 20.2. The molecule has 2 N–H and O–H groups in total. The fraction of sp³-hybridized carbons (Fsp3) is 0.308. The van der Waals surface area contributed by atoms with Crippen molar-refractivity contribution in [1.29, 1.82) is 5.26 Å². The average Bonchev–Trinajstić information content (AvgIpc) is 3.34. The second-order valence-electron chi connectivity index (χ2n) is 9.11. The highest BCUT2D eigenvalue weighted by molar-refractivity contribution is 6.34. The van der Waals surface area contributed by atoms with Crippen LogP contribution in [0.1, 0.15) is 47.4 Å². The number of nitrogens with zero attached hydrogens (tertiary/aromatic N) is 5. The number of hydrogen-bond donors (Lipinski definition) is 1. The first-order valence-electron chi connectivity index (χ1n) is 11.5. The van der Waals surface area contributed by atoms with Crippen LogP contribution in [0.15, 0.2) is 36.4 Å². The Balaban J connectivity index is 1.70. The first kappa shape index (κ1) is 23.2. The molecule has 1 saturated carbocycles. The number of benzene rings is 2. The van der Waals surface area contributed by atoms with Crippen molar-refractivity contribution < 1.29 is 9.18 Å². The number of aromatic nitrogens is 4. The van der Waals surface area contributed by atoms with Gasteiger partial charge in [0, 0.05) is 35.6 Å².